The lowest BCUT2D eigenvalue weighted by molar-refractivity contribution is -0.384. The van der Waals surface area contributed by atoms with E-state index >= 15 is 0 Å². The highest BCUT2D eigenvalue weighted by Gasteiger charge is 2.23. The molecule has 3 aromatic rings. The van der Waals surface area contributed by atoms with Gasteiger partial charge in [-0.15, -0.1) is 0 Å². The molecule has 150 valence electrons. The summed E-state index contributed by atoms with van der Waals surface area (Å²) in [4.78, 5) is 17.5. The molecule has 29 heavy (non-hydrogen) atoms. The largest absolute Gasteiger partial charge is 0.378 e. The van der Waals surface area contributed by atoms with E-state index in [9.17, 15) is 14.5 Å². The number of fused-ring (bicyclic) bond motifs is 1. The standard InChI is InChI=1S/C19H15BrClFN4O3/c20-14-9-12(25-3-5-29-6-4-25)10-17(19(14)26(27)28)24-16-1-2-23-18-13(16)7-11(22)8-15(18)21/h1-2,7-10H,3-6H2,(H,23,24). The zero-order valence-electron chi connectivity index (χ0n) is 15.0. The Balaban J connectivity index is 1.83. The molecule has 4 rings (SSSR count). The molecule has 1 aromatic heterocycles. The molecular formula is C19H15BrClFN4O3. The van der Waals surface area contributed by atoms with Crippen LogP contribution in [0.4, 0.5) is 27.1 Å². The second kappa shape index (κ2) is 8.10. The van der Waals surface area contributed by atoms with Gasteiger partial charge >= 0.3 is 5.69 Å². The number of ether oxygens (including phenoxy) is 1. The molecule has 1 aliphatic heterocycles. The number of halogens is 3. The zero-order chi connectivity index (χ0) is 20.5. The van der Waals surface area contributed by atoms with Crippen LogP contribution in [0.1, 0.15) is 0 Å². The van der Waals surface area contributed by atoms with Crippen LogP contribution in [0.25, 0.3) is 10.9 Å². The van der Waals surface area contributed by atoms with Gasteiger partial charge in [0.2, 0.25) is 0 Å². The Kier molecular flexibility index (Phi) is 5.53. The van der Waals surface area contributed by atoms with Gasteiger partial charge in [-0.05, 0) is 46.3 Å². The number of rotatable bonds is 4. The van der Waals surface area contributed by atoms with Gasteiger partial charge in [0.25, 0.3) is 0 Å². The molecule has 0 radical (unpaired) electrons. The minimum atomic E-state index is -0.517. The third-order valence-corrected chi connectivity index (χ3v) is 5.53. The molecule has 2 heterocycles. The predicted molar refractivity (Wildman–Crippen MR) is 114 cm³/mol. The molecule has 0 aliphatic carbocycles. The number of nitro benzene ring substituents is 1. The smallest absolute Gasteiger partial charge is 0.306 e. The lowest BCUT2D eigenvalue weighted by atomic mass is 10.1. The normalized spacial score (nSPS) is 14.2. The highest BCUT2D eigenvalue weighted by molar-refractivity contribution is 9.10. The van der Waals surface area contributed by atoms with Gasteiger partial charge in [-0.3, -0.25) is 15.1 Å². The molecule has 1 fully saturated rings. The minimum absolute atomic E-state index is 0.116. The third-order valence-electron chi connectivity index (χ3n) is 4.64. The summed E-state index contributed by atoms with van der Waals surface area (Å²) in [5.74, 6) is -0.517. The van der Waals surface area contributed by atoms with Gasteiger partial charge in [-0.25, -0.2) is 4.39 Å². The molecule has 10 heteroatoms. The summed E-state index contributed by atoms with van der Waals surface area (Å²) in [6, 6.07) is 7.52. The van der Waals surface area contributed by atoms with E-state index in [0.717, 1.165) is 5.69 Å². The van der Waals surface area contributed by atoms with Crippen molar-refractivity contribution in [3.05, 3.63) is 62.0 Å². The summed E-state index contributed by atoms with van der Waals surface area (Å²) >= 11 is 9.42. The molecule has 0 spiro atoms. The zero-order valence-corrected chi connectivity index (χ0v) is 17.3. The molecule has 0 amide bonds. The molecule has 0 saturated carbocycles. The van der Waals surface area contributed by atoms with Crippen molar-refractivity contribution in [2.45, 2.75) is 0 Å². The lowest BCUT2D eigenvalue weighted by Crippen LogP contribution is -2.36. The molecule has 1 N–H and O–H groups in total. The van der Waals surface area contributed by atoms with Crippen molar-refractivity contribution in [3.63, 3.8) is 0 Å². The van der Waals surface area contributed by atoms with E-state index in [1.165, 1.54) is 18.3 Å². The van der Waals surface area contributed by atoms with Crippen LogP contribution >= 0.6 is 27.5 Å². The summed E-state index contributed by atoms with van der Waals surface area (Å²) < 4.78 is 19.6. The Morgan fingerprint density at radius 1 is 1.24 bits per heavy atom. The van der Waals surface area contributed by atoms with Crippen molar-refractivity contribution in [1.82, 2.24) is 4.98 Å². The van der Waals surface area contributed by atoms with Gasteiger partial charge < -0.3 is 15.0 Å². The van der Waals surface area contributed by atoms with E-state index in [0.29, 0.717) is 47.4 Å². The molecule has 1 aliphatic rings. The SMILES string of the molecule is O=[N+]([O-])c1c(Br)cc(N2CCOCC2)cc1Nc1ccnc2c(Cl)cc(F)cc12. The van der Waals surface area contributed by atoms with Crippen molar-refractivity contribution in [1.29, 1.82) is 0 Å². The van der Waals surface area contributed by atoms with E-state index in [1.807, 2.05) is 0 Å². The molecule has 0 atom stereocenters. The van der Waals surface area contributed by atoms with E-state index < -0.39 is 10.7 Å². The Morgan fingerprint density at radius 3 is 2.72 bits per heavy atom. The van der Waals surface area contributed by atoms with E-state index in [1.54, 1.807) is 18.2 Å². The maximum Gasteiger partial charge on any atom is 0.306 e. The number of morpholine rings is 1. The van der Waals surface area contributed by atoms with Crippen molar-refractivity contribution in [2.24, 2.45) is 0 Å². The van der Waals surface area contributed by atoms with Gasteiger partial charge in [0.1, 0.15) is 11.5 Å². The van der Waals surface area contributed by atoms with Gasteiger partial charge in [0.05, 0.1) is 33.1 Å². The quantitative estimate of drug-likeness (QED) is 0.403. The van der Waals surface area contributed by atoms with Crippen molar-refractivity contribution in [3.8, 4) is 0 Å². The van der Waals surface area contributed by atoms with Crippen LogP contribution in [0.5, 0.6) is 0 Å². The van der Waals surface area contributed by atoms with Crippen LogP contribution in [0.15, 0.2) is 41.0 Å². The topological polar surface area (TPSA) is 80.5 Å². The Hall–Kier alpha value is -2.49. The van der Waals surface area contributed by atoms with Crippen LogP contribution in [0.3, 0.4) is 0 Å². The number of hydrogen-bond acceptors (Lipinski definition) is 6. The first-order chi connectivity index (χ1) is 13.9. The van der Waals surface area contributed by atoms with Crippen LogP contribution in [0, 0.1) is 15.9 Å². The van der Waals surface area contributed by atoms with E-state index in [-0.39, 0.29) is 16.4 Å². The summed E-state index contributed by atoms with van der Waals surface area (Å²) in [7, 11) is 0. The Bertz CT molecular complexity index is 1110. The second-order valence-corrected chi connectivity index (χ2v) is 7.71. The van der Waals surface area contributed by atoms with Gasteiger partial charge in [0, 0.05) is 36.0 Å². The molecule has 2 aromatic carbocycles. The maximum atomic E-state index is 13.9. The molecule has 7 nitrogen and oxygen atoms in total. The van der Waals surface area contributed by atoms with E-state index in [2.05, 4.69) is 31.1 Å². The lowest BCUT2D eigenvalue weighted by Gasteiger charge is -2.29. The van der Waals surface area contributed by atoms with Crippen LogP contribution < -0.4 is 10.2 Å². The average molecular weight is 482 g/mol. The van der Waals surface area contributed by atoms with Gasteiger partial charge in [-0.1, -0.05) is 11.6 Å². The first-order valence-corrected chi connectivity index (χ1v) is 9.92. The number of pyridine rings is 1. The average Bonchev–Trinajstić information content (AvgIpc) is 2.68. The molecule has 1 saturated heterocycles. The highest BCUT2D eigenvalue weighted by Crippen LogP contribution is 2.40. The van der Waals surface area contributed by atoms with Crippen LogP contribution in [-0.2, 0) is 4.74 Å². The fraction of sp³-hybridized carbons (Fsp3) is 0.211. The number of nitrogens with zero attached hydrogens (tertiary/aromatic N) is 3. The van der Waals surface area contributed by atoms with E-state index in [4.69, 9.17) is 16.3 Å². The summed E-state index contributed by atoms with van der Waals surface area (Å²) in [5.41, 5.74) is 1.85. The fourth-order valence-corrected chi connectivity index (χ4v) is 4.15. The molecule has 0 bridgehead atoms. The highest BCUT2D eigenvalue weighted by atomic mass is 79.9. The summed E-state index contributed by atoms with van der Waals surface area (Å²) in [6.07, 6.45) is 1.52. The summed E-state index contributed by atoms with van der Waals surface area (Å²) in [6.45, 7) is 2.54. The molecule has 0 unspecified atom stereocenters. The Morgan fingerprint density at radius 2 is 2.00 bits per heavy atom. The minimum Gasteiger partial charge on any atom is -0.378 e. The first-order valence-electron chi connectivity index (χ1n) is 8.75. The van der Waals surface area contributed by atoms with Crippen LogP contribution in [-0.4, -0.2) is 36.2 Å². The maximum absolute atomic E-state index is 13.9. The summed E-state index contributed by atoms with van der Waals surface area (Å²) in [5, 5.41) is 15.4. The van der Waals surface area contributed by atoms with Crippen molar-refractivity contribution < 1.29 is 14.1 Å². The predicted octanol–water partition coefficient (Wildman–Crippen LogP) is 5.28. The number of nitro groups is 1. The number of benzene rings is 2. The number of anilines is 3. The monoisotopic (exact) mass is 480 g/mol. The second-order valence-electron chi connectivity index (χ2n) is 6.45. The fourth-order valence-electron chi connectivity index (χ4n) is 3.30. The van der Waals surface area contributed by atoms with Crippen molar-refractivity contribution >= 4 is 61.2 Å². The van der Waals surface area contributed by atoms with Crippen LogP contribution in [0.2, 0.25) is 5.02 Å². The molecular weight excluding hydrogens is 467 g/mol. The number of aromatic nitrogens is 1. The van der Waals surface area contributed by atoms with Gasteiger partial charge in [-0.2, -0.15) is 0 Å². The van der Waals surface area contributed by atoms with Crippen molar-refractivity contribution in [2.75, 3.05) is 36.5 Å². The Labute approximate surface area is 178 Å². The number of nitrogens with one attached hydrogen (secondary N) is 1. The first kappa shape index (κ1) is 19.8. The van der Waals surface area contributed by atoms with Gasteiger partial charge in [0.15, 0.2) is 0 Å². The number of hydrogen-bond donors (Lipinski definition) is 1. The third kappa shape index (κ3) is 3.98.